The van der Waals surface area contributed by atoms with E-state index in [1.54, 1.807) is 0 Å². The third-order valence-electron chi connectivity index (χ3n) is 2.34. The minimum Gasteiger partial charge on any atom is -0.421 e. The molecule has 284 valence electrons. The topological polar surface area (TPSA) is 247 Å². The second kappa shape index (κ2) is 15.2. The first kappa shape index (κ1) is 52.4. The van der Waals surface area contributed by atoms with Crippen molar-refractivity contribution in [1.29, 1.82) is 0 Å². The molecule has 0 aliphatic rings. The second-order valence-corrected chi connectivity index (χ2v) is 16.0. The summed E-state index contributed by atoms with van der Waals surface area (Å²) in [5.74, 6) is 0. The summed E-state index contributed by atoms with van der Waals surface area (Å²) in [6.45, 7) is 0. The van der Waals surface area contributed by atoms with Crippen LogP contribution in [0.2, 0.25) is 0 Å². The SMILES string of the molecule is O=S(=O)([N-]S(=O)(=O)C(F)(F)F)C(F)(F)F.O=S(=O)([N-]S(=O)(=O)C(F)(F)F)C(F)(F)F.O=S(=O)([N-]S(=O)(=O)C(F)(F)F)C(F)(F)F.[Ho+3]. The third-order valence-corrected chi connectivity index (χ3v) is 10.6. The van der Waals surface area contributed by atoms with E-state index in [1.807, 2.05) is 0 Å². The van der Waals surface area contributed by atoms with Gasteiger partial charge in [0.25, 0.3) is 0 Å². The first-order valence-corrected chi connectivity index (χ1v) is 16.4. The fourth-order valence-electron chi connectivity index (χ4n) is 0.641. The molecule has 0 aromatic heterocycles. The van der Waals surface area contributed by atoms with Crippen LogP contribution in [-0.2, 0) is 60.1 Å². The van der Waals surface area contributed by atoms with Gasteiger partial charge in [-0.15, -0.1) is 0 Å². The van der Waals surface area contributed by atoms with Gasteiger partial charge < -0.3 is 12.4 Å². The summed E-state index contributed by atoms with van der Waals surface area (Å²) in [5, 5.41) is 0. The van der Waals surface area contributed by atoms with Gasteiger partial charge in [-0.2, -0.15) is 79.0 Å². The van der Waals surface area contributed by atoms with Crippen molar-refractivity contribution in [2.45, 2.75) is 33.0 Å². The van der Waals surface area contributed by atoms with E-state index in [0.29, 0.717) is 0 Å². The number of nitrogens with zero attached hydrogens (tertiary/aromatic N) is 3. The maximum atomic E-state index is 11.4. The maximum Gasteiger partial charge on any atom is 3.00 e. The number of hydrogen-bond donors (Lipinski definition) is 0. The second-order valence-electron chi connectivity index (χ2n) is 5.75. The summed E-state index contributed by atoms with van der Waals surface area (Å²) < 4.78 is 328. The predicted molar refractivity (Wildman–Crippen MR) is 99.9 cm³/mol. The van der Waals surface area contributed by atoms with Crippen LogP contribution in [0.15, 0.2) is 0 Å². The van der Waals surface area contributed by atoms with Gasteiger partial charge >= 0.3 is 70.8 Å². The van der Waals surface area contributed by atoms with Crippen LogP contribution in [0, 0.1) is 37.7 Å². The van der Waals surface area contributed by atoms with Crippen molar-refractivity contribution in [3.63, 3.8) is 0 Å². The van der Waals surface area contributed by atoms with Gasteiger partial charge in [0, 0.05) is 0 Å². The zero-order valence-corrected chi connectivity index (χ0v) is 25.6. The van der Waals surface area contributed by atoms with Crippen LogP contribution >= 0.6 is 0 Å². The summed E-state index contributed by atoms with van der Waals surface area (Å²) in [6.07, 6.45) is 0. The van der Waals surface area contributed by atoms with Crippen LogP contribution in [0.25, 0.3) is 12.4 Å². The monoisotopic (exact) mass is 1000 g/mol. The fraction of sp³-hybridized carbons (Fsp3) is 1.00. The zero-order chi connectivity index (χ0) is 38.1. The number of rotatable bonds is 6. The summed E-state index contributed by atoms with van der Waals surface area (Å²) in [4.78, 5) is 0. The van der Waals surface area contributed by atoms with Crippen molar-refractivity contribution in [3.05, 3.63) is 12.4 Å². The fourth-order valence-corrected chi connectivity index (χ4v) is 5.77. The molecule has 0 radical (unpaired) electrons. The predicted octanol–water partition coefficient (Wildman–Crippen LogP) is 3.18. The van der Waals surface area contributed by atoms with Crippen molar-refractivity contribution in [1.82, 2.24) is 0 Å². The Morgan fingerprint density at radius 2 is 0.304 bits per heavy atom. The first-order valence-electron chi connectivity index (χ1n) is 7.72. The van der Waals surface area contributed by atoms with Crippen LogP contribution < -0.4 is 0 Å². The molecule has 0 atom stereocenters. The Hall–Kier alpha value is -0.420. The van der Waals surface area contributed by atoms with Gasteiger partial charge in [-0.3, -0.25) is 0 Å². The summed E-state index contributed by atoms with van der Waals surface area (Å²) >= 11 is 0. The zero-order valence-electron chi connectivity index (χ0n) is 18.8. The molecule has 0 amide bonds. The first-order chi connectivity index (χ1) is 18.6. The van der Waals surface area contributed by atoms with E-state index in [2.05, 4.69) is 0 Å². The van der Waals surface area contributed by atoms with Crippen LogP contribution in [0.4, 0.5) is 79.0 Å². The molecule has 0 aliphatic carbocycles. The third kappa shape index (κ3) is 15.4. The van der Waals surface area contributed by atoms with E-state index in [4.69, 9.17) is 0 Å². The Morgan fingerprint density at radius 1 is 0.239 bits per heavy atom. The van der Waals surface area contributed by atoms with Gasteiger partial charge in [-0.05, 0) is 0 Å². The number of alkyl halides is 18. The molecule has 0 aromatic rings. The van der Waals surface area contributed by atoms with Gasteiger partial charge in [0.15, 0.2) is 60.1 Å². The van der Waals surface area contributed by atoms with E-state index in [-0.39, 0.29) is 37.7 Å². The van der Waals surface area contributed by atoms with Crippen molar-refractivity contribution in [3.8, 4) is 0 Å². The van der Waals surface area contributed by atoms with E-state index >= 15 is 0 Å². The molecule has 46 heavy (non-hydrogen) atoms. The van der Waals surface area contributed by atoms with Crippen LogP contribution in [0.5, 0.6) is 0 Å². The van der Waals surface area contributed by atoms with Crippen molar-refractivity contribution in [2.24, 2.45) is 0 Å². The average molecular weight is 1010 g/mol. The molecule has 0 unspecified atom stereocenters. The van der Waals surface area contributed by atoms with Crippen LogP contribution in [0.1, 0.15) is 0 Å². The van der Waals surface area contributed by atoms with E-state index in [0.717, 1.165) is 12.4 Å². The molecule has 0 N–H and O–H groups in total. The molecule has 0 rings (SSSR count). The van der Waals surface area contributed by atoms with Crippen molar-refractivity contribution < 1.29 is 167 Å². The number of hydrogen-bond acceptors (Lipinski definition) is 12. The molecule has 0 saturated carbocycles. The quantitative estimate of drug-likeness (QED) is 0.275. The summed E-state index contributed by atoms with van der Waals surface area (Å²) in [6, 6.07) is 0. The Labute approximate surface area is 271 Å². The minimum atomic E-state index is -6.72. The van der Waals surface area contributed by atoms with E-state index < -0.39 is 93.2 Å². The molecule has 0 aromatic carbocycles. The smallest absolute Gasteiger partial charge is 0.421 e. The Bertz CT molecular complexity index is 1370. The molecular formula is C6F18HoN3O12S6. The molecule has 0 fully saturated rings. The van der Waals surface area contributed by atoms with Crippen LogP contribution in [-0.4, -0.2) is 83.6 Å². The Balaban J connectivity index is -0.000000285. The van der Waals surface area contributed by atoms with Gasteiger partial charge in [-0.1, -0.05) is 0 Å². The number of sulfonamides is 6. The van der Waals surface area contributed by atoms with Gasteiger partial charge in [0.2, 0.25) is 0 Å². The maximum absolute atomic E-state index is 11.4. The molecule has 0 saturated heterocycles. The Morgan fingerprint density at radius 3 is 0.348 bits per heavy atom. The van der Waals surface area contributed by atoms with Crippen LogP contribution in [0.3, 0.4) is 0 Å². The van der Waals surface area contributed by atoms with Gasteiger partial charge in [-0.25, -0.2) is 50.5 Å². The largest absolute Gasteiger partial charge is 3.00 e. The molecule has 0 aliphatic heterocycles. The standard InChI is InChI=1S/3C2F6NO4S2.Ho/c3*3-1(4,5)14(10,11)9-15(12,13)2(6,7)8;/q3*-1;+3. The minimum absolute atomic E-state index is 0. The molecular weight excluding hydrogens is 1010 g/mol. The summed E-state index contributed by atoms with van der Waals surface area (Å²) in [5.41, 5.74) is -37.2. The molecule has 15 nitrogen and oxygen atoms in total. The molecule has 0 bridgehead atoms. The van der Waals surface area contributed by atoms with Crippen molar-refractivity contribution >= 4 is 60.1 Å². The van der Waals surface area contributed by atoms with Gasteiger partial charge in [0.1, 0.15) is 0 Å². The van der Waals surface area contributed by atoms with E-state index in [9.17, 15) is 130 Å². The molecule has 40 heteroatoms. The average Bonchev–Trinajstić information content (AvgIpc) is 2.61. The van der Waals surface area contributed by atoms with Gasteiger partial charge in [0.05, 0.1) is 0 Å². The van der Waals surface area contributed by atoms with Crippen molar-refractivity contribution in [2.75, 3.05) is 0 Å². The molecule has 0 spiro atoms. The summed E-state index contributed by atoms with van der Waals surface area (Å²) in [7, 11) is -40.3. The van der Waals surface area contributed by atoms with E-state index in [1.165, 1.54) is 0 Å². The Kier molecular flexibility index (Phi) is 17.3. The molecule has 0 heterocycles. The number of halogens is 18. The normalized spacial score (nSPS) is 15.0.